The van der Waals surface area contributed by atoms with Crippen molar-refractivity contribution in [3.8, 4) is 5.75 Å². The van der Waals surface area contributed by atoms with E-state index in [0.29, 0.717) is 21.7 Å². The Balaban J connectivity index is 1.62. The van der Waals surface area contributed by atoms with E-state index >= 15 is 0 Å². The Morgan fingerprint density at radius 2 is 2.03 bits per heavy atom. The molecule has 1 aliphatic rings. The number of guanidine groups is 1. The molecule has 1 aliphatic heterocycles. The van der Waals surface area contributed by atoms with Crippen molar-refractivity contribution in [2.75, 3.05) is 25.0 Å². The summed E-state index contributed by atoms with van der Waals surface area (Å²) in [5.41, 5.74) is 1.13. The summed E-state index contributed by atoms with van der Waals surface area (Å²) in [6.07, 6.45) is 0.461. The normalized spacial score (nSPS) is 13.8. The van der Waals surface area contributed by atoms with Crippen LogP contribution in [-0.2, 0) is 9.59 Å². The minimum atomic E-state index is -1.19. The molecule has 0 radical (unpaired) electrons. The average Bonchev–Trinajstić information content (AvgIpc) is 2.80. The zero-order valence-electron chi connectivity index (χ0n) is 17.9. The zero-order valence-corrected chi connectivity index (χ0v) is 20.2. The molecule has 0 aliphatic carbocycles. The van der Waals surface area contributed by atoms with Crippen LogP contribution in [0, 0.1) is 0 Å². The second kappa shape index (κ2) is 11.7. The van der Waals surface area contributed by atoms with Gasteiger partial charge in [0, 0.05) is 34.4 Å². The molecule has 180 valence electrons. The Bertz CT molecular complexity index is 1130. The van der Waals surface area contributed by atoms with Crippen LogP contribution in [0.5, 0.6) is 5.75 Å². The van der Waals surface area contributed by atoms with Crippen molar-refractivity contribution in [1.82, 2.24) is 16.0 Å². The number of aliphatic imine (C=N–C) groups is 1. The second-order valence-corrected chi connectivity index (χ2v) is 8.77. The molecule has 1 heterocycles. The van der Waals surface area contributed by atoms with E-state index in [1.807, 2.05) is 0 Å². The van der Waals surface area contributed by atoms with E-state index in [1.165, 1.54) is 12.1 Å². The standard InChI is InChI=1S/C22H23BrClN5O5/c23-13-8-15(20(33)16(24)9-13)17(10-19(31)32)29-18(30)11-27-21(34)12-3-1-4-14(7-12)28-22-25-5-2-6-26-22/h1,3-4,7-9,17,33H,2,5-6,10-11H2,(H,27,34)(H,29,30)(H,31,32)(H2,25,26,28)/t17-/m1/s1. The fraction of sp³-hybridized carbons (Fsp3) is 0.273. The molecule has 3 rings (SSSR count). The molecule has 34 heavy (non-hydrogen) atoms. The number of anilines is 1. The van der Waals surface area contributed by atoms with Gasteiger partial charge in [0.2, 0.25) is 5.91 Å². The molecule has 0 bridgehead atoms. The highest BCUT2D eigenvalue weighted by Gasteiger charge is 2.23. The van der Waals surface area contributed by atoms with Gasteiger partial charge in [0.1, 0.15) is 5.75 Å². The highest BCUT2D eigenvalue weighted by atomic mass is 79.9. The lowest BCUT2D eigenvalue weighted by Crippen LogP contribution is -2.39. The van der Waals surface area contributed by atoms with Gasteiger partial charge in [-0.2, -0.15) is 0 Å². The van der Waals surface area contributed by atoms with Crippen molar-refractivity contribution >= 4 is 57.0 Å². The number of rotatable bonds is 8. The minimum absolute atomic E-state index is 0.00481. The molecule has 12 heteroatoms. The molecule has 10 nitrogen and oxygen atoms in total. The first-order valence-electron chi connectivity index (χ1n) is 10.4. The van der Waals surface area contributed by atoms with Gasteiger partial charge in [-0.3, -0.25) is 19.4 Å². The Morgan fingerprint density at radius 3 is 2.74 bits per heavy atom. The fourth-order valence-corrected chi connectivity index (χ4v) is 4.10. The van der Waals surface area contributed by atoms with Crippen LogP contribution in [0.2, 0.25) is 5.02 Å². The summed E-state index contributed by atoms with van der Waals surface area (Å²) in [6.45, 7) is 1.13. The van der Waals surface area contributed by atoms with Gasteiger partial charge in [-0.15, -0.1) is 0 Å². The van der Waals surface area contributed by atoms with E-state index in [1.54, 1.807) is 24.3 Å². The highest BCUT2D eigenvalue weighted by Crippen LogP contribution is 2.36. The maximum absolute atomic E-state index is 12.5. The third-order valence-electron chi connectivity index (χ3n) is 4.84. The van der Waals surface area contributed by atoms with Crippen molar-refractivity contribution in [3.63, 3.8) is 0 Å². The van der Waals surface area contributed by atoms with Crippen LogP contribution >= 0.6 is 27.5 Å². The predicted molar refractivity (Wildman–Crippen MR) is 131 cm³/mol. The van der Waals surface area contributed by atoms with Crippen LogP contribution in [0.25, 0.3) is 0 Å². The largest absolute Gasteiger partial charge is 0.506 e. The zero-order chi connectivity index (χ0) is 24.7. The summed E-state index contributed by atoms with van der Waals surface area (Å²) in [5, 5.41) is 30.7. The van der Waals surface area contributed by atoms with Crippen LogP contribution in [0.1, 0.15) is 34.8 Å². The summed E-state index contributed by atoms with van der Waals surface area (Å²) >= 11 is 9.20. The molecule has 2 aromatic rings. The lowest BCUT2D eigenvalue weighted by atomic mass is 10.0. The molecular formula is C22H23BrClN5O5. The molecule has 1 atom stereocenters. The Kier molecular flexibility index (Phi) is 8.72. The number of phenolic OH excluding ortho intramolecular Hbond substituents is 1. The number of carboxylic acids is 1. The molecule has 2 aromatic carbocycles. The topological polar surface area (TPSA) is 152 Å². The first-order chi connectivity index (χ1) is 16.2. The lowest BCUT2D eigenvalue weighted by Gasteiger charge is -2.20. The SMILES string of the molecule is O=C(O)C[C@@H](NC(=O)CNC(=O)c1cccc(NC2=NCCCN2)c1)c1cc(Br)cc(Cl)c1O. The Morgan fingerprint density at radius 1 is 1.24 bits per heavy atom. The van der Waals surface area contributed by atoms with Crippen LogP contribution in [0.3, 0.4) is 0 Å². The maximum Gasteiger partial charge on any atom is 0.305 e. The number of hydrogen-bond donors (Lipinski definition) is 6. The number of halogens is 2. The number of nitrogens with one attached hydrogen (secondary N) is 4. The summed E-state index contributed by atoms with van der Waals surface area (Å²) in [6, 6.07) is 8.56. The quantitative estimate of drug-likeness (QED) is 0.294. The van der Waals surface area contributed by atoms with Crippen LogP contribution in [0.15, 0.2) is 45.9 Å². The van der Waals surface area contributed by atoms with E-state index in [9.17, 15) is 24.6 Å². The van der Waals surface area contributed by atoms with E-state index in [-0.39, 0.29) is 16.3 Å². The molecule has 0 saturated carbocycles. The van der Waals surface area contributed by atoms with Crippen LogP contribution < -0.4 is 21.3 Å². The van der Waals surface area contributed by atoms with Crippen molar-refractivity contribution < 1.29 is 24.6 Å². The van der Waals surface area contributed by atoms with Crippen molar-refractivity contribution in [1.29, 1.82) is 0 Å². The molecule has 0 fully saturated rings. The number of carbonyl (C=O) groups is 3. The Labute approximate surface area is 208 Å². The summed E-state index contributed by atoms with van der Waals surface area (Å²) in [7, 11) is 0. The van der Waals surface area contributed by atoms with Gasteiger partial charge in [-0.1, -0.05) is 33.6 Å². The molecule has 0 saturated heterocycles. The van der Waals surface area contributed by atoms with Gasteiger partial charge in [-0.25, -0.2) is 0 Å². The summed E-state index contributed by atoms with van der Waals surface area (Å²) in [5.74, 6) is -2.01. The van der Waals surface area contributed by atoms with E-state index in [0.717, 1.165) is 19.5 Å². The smallest absolute Gasteiger partial charge is 0.305 e. The molecule has 6 N–H and O–H groups in total. The number of hydrogen-bond acceptors (Lipinski definition) is 7. The van der Waals surface area contributed by atoms with Crippen molar-refractivity contribution in [2.24, 2.45) is 4.99 Å². The van der Waals surface area contributed by atoms with Crippen LogP contribution in [0.4, 0.5) is 5.69 Å². The molecule has 0 spiro atoms. The number of aliphatic carboxylic acids is 1. The minimum Gasteiger partial charge on any atom is -0.506 e. The molecular weight excluding hydrogens is 530 g/mol. The number of amides is 2. The first-order valence-corrected chi connectivity index (χ1v) is 11.5. The monoisotopic (exact) mass is 551 g/mol. The highest BCUT2D eigenvalue weighted by molar-refractivity contribution is 9.10. The van der Waals surface area contributed by atoms with Gasteiger partial charge in [-0.05, 0) is 36.8 Å². The second-order valence-electron chi connectivity index (χ2n) is 7.44. The first kappa shape index (κ1) is 25.3. The number of nitrogens with zero attached hydrogens (tertiary/aromatic N) is 1. The lowest BCUT2D eigenvalue weighted by molar-refractivity contribution is -0.137. The third kappa shape index (κ3) is 7.09. The molecule has 0 aromatic heterocycles. The van der Waals surface area contributed by atoms with Gasteiger partial charge in [0.15, 0.2) is 5.96 Å². The maximum atomic E-state index is 12.5. The fourth-order valence-electron chi connectivity index (χ4n) is 3.26. The van der Waals surface area contributed by atoms with Gasteiger partial charge in [0.05, 0.1) is 24.0 Å². The summed E-state index contributed by atoms with van der Waals surface area (Å²) in [4.78, 5) is 40.6. The average molecular weight is 553 g/mol. The third-order valence-corrected chi connectivity index (χ3v) is 5.59. The number of carbonyl (C=O) groups excluding carboxylic acids is 2. The molecule has 2 amide bonds. The number of carboxylic acid groups (broad SMARTS) is 1. The van der Waals surface area contributed by atoms with Gasteiger partial charge in [0.25, 0.3) is 5.91 Å². The van der Waals surface area contributed by atoms with E-state index in [4.69, 9.17) is 11.6 Å². The number of benzene rings is 2. The van der Waals surface area contributed by atoms with Gasteiger partial charge < -0.3 is 31.5 Å². The number of aromatic hydroxyl groups is 1. The number of phenols is 1. The van der Waals surface area contributed by atoms with E-state index in [2.05, 4.69) is 42.2 Å². The van der Waals surface area contributed by atoms with Gasteiger partial charge >= 0.3 is 5.97 Å². The predicted octanol–water partition coefficient (Wildman–Crippen LogP) is 2.63. The summed E-state index contributed by atoms with van der Waals surface area (Å²) < 4.78 is 0.506. The molecule has 0 unspecified atom stereocenters. The van der Waals surface area contributed by atoms with Crippen molar-refractivity contribution in [3.05, 3.63) is 57.0 Å². The van der Waals surface area contributed by atoms with Crippen molar-refractivity contribution in [2.45, 2.75) is 18.9 Å². The van der Waals surface area contributed by atoms with E-state index < -0.39 is 36.8 Å². The Hall–Kier alpha value is -3.31. The van der Waals surface area contributed by atoms with Crippen LogP contribution in [-0.4, -0.2) is 53.6 Å².